The van der Waals surface area contributed by atoms with E-state index in [-0.39, 0.29) is 11.3 Å². The molecule has 0 spiro atoms. The van der Waals surface area contributed by atoms with Gasteiger partial charge in [0.2, 0.25) is 0 Å². The van der Waals surface area contributed by atoms with Crippen molar-refractivity contribution in [3.63, 3.8) is 0 Å². The maximum absolute atomic E-state index is 13.3. The number of rotatable bonds is 4. The number of Topliss-reactive ketones (excluding diaryl/α,β-unsaturated/α-hetero) is 1. The molecule has 2 aliphatic heterocycles. The lowest BCUT2D eigenvalue weighted by Crippen LogP contribution is -2.29. The number of aliphatic hydroxyl groups excluding tert-OH is 1. The number of benzene rings is 2. The summed E-state index contributed by atoms with van der Waals surface area (Å²) in [6.07, 6.45) is 5.83. The number of ether oxygens (including phenoxy) is 1. The van der Waals surface area contributed by atoms with E-state index in [2.05, 4.69) is 11.9 Å². The van der Waals surface area contributed by atoms with Gasteiger partial charge in [-0.25, -0.2) is 0 Å². The van der Waals surface area contributed by atoms with Gasteiger partial charge in [-0.15, -0.1) is 0 Å². The lowest BCUT2D eigenvalue weighted by molar-refractivity contribution is -0.132. The van der Waals surface area contributed by atoms with Gasteiger partial charge < -0.3 is 9.84 Å². The average molecular weight is 440 g/mol. The van der Waals surface area contributed by atoms with E-state index in [1.165, 1.54) is 4.90 Å². The van der Waals surface area contributed by atoms with Crippen LogP contribution in [-0.2, 0) is 22.4 Å². The monoisotopic (exact) mass is 440 g/mol. The van der Waals surface area contributed by atoms with E-state index >= 15 is 0 Å². The van der Waals surface area contributed by atoms with E-state index in [0.29, 0.717) is 23.4 Å². The number of nitrogens with zero attached hydrogens (tertiary/aromatic N) is 2. The molecule has 0 aliphatic carbocycles. The van der Waals surface area contributed by atoms with Crippen molar-refractivity contribution < 1.29 is 19.4 Å². The first-order valence-corrected chi connectivity index (χ1v) is 11.1. The molecule has 1 N–H and O–H groups in total. The molecule has 1 aromatic heterocycles. The molecule has 33 heavy (non-hydrogen) atoms. The summed E-state index contributed by atoms with van der Waals surface area (Å²) in [4.78, 5) is 32.0. The van der Waals surface area contributed by atoms with Crippen LogP contribution in [0.2, 0.25) is 0 Å². The summed E-state index contributed by atoms with van der Waals surface area (Å²) in [5.41, 5.74) is 3.99. The molecule has 5 rings (SSSR count). The van der Waals surface area contributed by atoms with Crippen molar-refractivity contribution in [2.75, 3.05) is 11.5 Å². The zero-order valence-electron chi connectivity index (χ0n) is 18.3. The standard InChI is InChI=1S/C27H24N2O4/c1-2-17-5-8-21(9-6-17)29-24(18-11-13-28-14-12-18)23(26(31)27(29)32)25(30)20-7-10-22-19(16-20)4-3-15-33-22/h5-14,16,24,30H,2-4,15H2,1H3/b25-23-. The summed E-state index contributed by atoms with van der Waals surface area (Å²) >= 11 is 0. The summed E-state index contributed by atoms with van der Waals surface area (Å²) in [5, 5.41) is 11.3. The maximum atomic E-state index is 13.3. The Bertz CT molecular complexity index is 1250. The van der Waals surface area contributed by atoms with Gasteiger partial charge in [0.25, 0.3) is 11.7 Å². The third kappa shape index (κ3) is 3.67. The van der Waals surface area contributed by atoms with Gasteiger partial charge >= 0.3 is 0 Å². The molecule has 1 saturated heterocycles. The predicted octanol–water partition coefficient (Wildman–Crippen LogP) is 4.60. The molecule has 6 heteroatoms. The van der Waals surface area contributed by atoms with Crippen molar-refractivity contribution in [2.24, 2.45) is 0 Å². The number of anilines is 1. The number of carbonyl (C=O) groups excluding carboxylic acids is 2. The van der Waals surface area contributed by atoms with Crippen LogP contribution >= 0.6 is 0 Å². The van der Waals surface area contributed by atoms with Crippen LogP contribution in [0.3, 0.4) is 0 Å². The molecule has 0 saturated carbocycles. The highest BCUT2D eigenvalue weighted by Gasteiger charge is 2.47. The normalized spacial score (nSPS) is 19.3. The van der Waals surface area contributed by atoms with E-state index in [4.69, 9.17) is 4.74 Å². The quantitative estimate of drug-likeness (QED) is 0.365. The van der Waals surface area contributed by atoms with Crippen LogP contribution in [0, 0.1) is 0 Å². The number of carbonyl (C=O) groups is 2. The SMILES string of the molecule is CCc1ccc(N2C(=O)C(=O)/C(=C(\O)c3ccc4c(c3)CCCO4)C2c2ccncc2)cc1. The number of pyridine rings is 1. The number of ketones is 1. The minimum absolute atomic E-state index is 0.0717. The summed E-state index contributed by atoms with van der Waals surface area (Å²) in [6.45, 7) is 2.73. The number of hydrogen-bond acceptors (Lipinski definition) is 5. The summed E-state index contributed by atoms with van der Waals surface area (Å²) in [6, 6.07) is 15.7. The zero-order chi connectivity index (χ0) is 22.9. The van der Waals surface area contributed by atoms with Crippen molar-refractivity contribution in [1.29, 1.82) is 0 Å². The third-order valence-corrected chi connectivity index (χ3v) is 6.27. The molecule has 1 fully saturated rings. The second kappa shape index (κ2) is 8.54. The Balaban J connectivity index is 1.66. The third-order valence-electron chi connectivity index (χ3n) is 6.27. The first-order chi connectivity index (χ1) is 16.1. The number of aliphatic hydroxyl groups is 1. The number of amides is 1. The molecule has 3 heterocycles. The Morgan fingerprint density at radius 2 is 1.85 bits per heavy atom. The van der Waals surface area contributed by atoms with Gasteiger partial charge in [-0.2, -0.15) is 0 Å². The van der Waals surface area contributed by atoms with Crippen molar-refractivity contribution in [3.8, 4) is 5.75 Å². The molecule has 6 nitrogen and oxygen atoms in total. The van der Waals surface area contributed by atoms with Crippen LogP contribution in [-0.4, -0.2) is 28.4 Å². The molecular weight excluding hydrogens is 416 g/mol. The van der Waals surface area contributed by atoms with Gasteiger partial charge in [0.05, 0.1) is 18.2 Å². The Morgan fingerprint density at radius 3 is 2.58 bits per heavy atom. The highest BCUT2D eigenvalue weighted by molar-refractivity contribution is 6.51. The van der Waals surface area contributed by atoms with Gasteiger partial charge in [-0.1, -0.05) is 19.1 Å². The van der Waals surface area contributed by atoms with Crippen LogP contribution in [0.4, 0.5) is 5.69 Å². The molecule has 1 amide bonds. The van der Waals surface area contributed by atoms with Crippen LogP contribution in [0.25, 0.3) is 5.76 Å². The van der Waals surface area contributed by atoms with Crippen molar-refractivity contribution in [2.45, 2.75) is 32.2 Å². The molecule has 166 valence electrons. The molecule has 2 aromatic carbocycles. The summed E-state index contributed by atoms with van der Waals surface area (Å²) < 4.78 is 5.67. The first kappa shape index (κ1) is 20.9. The largest absolute Gasteiger partial charge is 0.507 e. The molecule has 1 unspecified atom stereocenters. The van der Waals surface area contributed by atoms with E-state index in [0.717, 1.165) is 36.1 Å². The Morgan fingerprint density at radius 1 is 1.09 bits per heavy atom. The lowest BCUT2D eigenvalue weighted by Gasteiger charge is -2.25. The van der Waals surface area contributed by atoms with Gasteiger partial charge in [-0.05, 0) is 78.4 Å². The van der Waals surface area contributed by atoms with E-state index in [1.54, 1.807) is 30.6 Å². The van der Waals surface area contributed by atoms with Gasteiger partial charge in [0.15, 0.2) is 0 Å². The molecule has 1 atom stereocenters. The lowest BCUT2D eigenvalue weighted by atomic mass is 9.94. The zero-order valence-corrected chi connectivity index (χ0v) is 18.3. The molecule has 0 bridgehead atoms. The van der Waals surface area contributed by atoms with Crippen LogP contribution in [0.5, 0.6) is 5.75 Å². The van der Waals surface area contributed by atoms with Crippen LogP contribution in [0.1, 0.15) is 41.6 Å². The van der Waals surface area contributed by atoms with E-state index in [1.807, 2.05) is 36.4 Å². The highest BCUT2D eigenvalue weighted by atomic mass is 16.5. The van der Waals surface area contributed by atoms with Crippen LogP contribution < -0.4 is 9.64 Å². The van der Waals surface area contributed by atoms with Gasteiger partial charge in [0.1, 0.15) is 11.5 Å². The number of aryl methyl sites for hydroxylation is 2. The topological polar surface area (TPSA) is 79.7 Å². The minimum Gasteiger partial charge on any atom is -0.507 e. The molecule has 0 radical (unpaired) electrons. The fourth-order valence-electron chi connectivity index (χ4n) is 4.52. The number of fused-ring (bicyclic) bond motifs is 1. The minimum atomic E-state index is -0.757. The summed E-state index contributed by atoms with van der Waals surface area (Å²) in [7, 11) is 0. The van der Waals surface area contributed by atoms with Crippen molar-refractivity contribution in [3.05, 3.63) is 94.8 Å². The van der Waals surface area contributed by atoms with Crippen molar-refractivity contribution in [1.82, 2.24) is 4.98 Å². The van der Waals surface area contributed by atoms with Gasteiger partial charge in [-0.3, -0.25) is 19.5 Å². The number of hydrogen-bond donors (Lipinski definition) is 1. The van der Waals surface area contributed by atoms with Crippen LogP contribution in [0.15, 0.2) is 72.6 Å². The smallest absolute Gasteiger partial charge is 0.300 e. The van der Waals surface area contributed by atoms with E-state index < -0.39 is 17.7 Å². The predicted molar refractivity (Wildman–Crippen MR) is 125 cm³/mol. The Kier molecular flexibility index (Phi) is 5.42. The van der Waals surface area contributed by atoms with E-state index in [9.17, 15) is 14.7 Å². The molecule has 2 aliphatic rings. The van der Waals surface area contributed by atoms with Gasteiger partial charge in [0, 0.05) is 23.6 Å². The Labute approximate surface area is 192 Å². The fraction of sp³-hybridized carbons (Fsp3) is 0.222. The number of aromatic nitrogens is 1. The molecular formula is C27H24N2O4. The summed E-state index contributed by atoms with van der Waals surface area (Å²) in [5.74, 6) is -0.761. The second-order valence-electron chi connectivity index (χ2n) is 8.24. The Hall–Kier alpha value is -3.93. The highest BCUT2D eigenvalue weighted by Crippen LogP contribution is 2.42. The second-order valence-corrected chi connectivity index (χ2v) is 8.24. The first-order valence-electron chi connectivity index (χ1n) is 11.1. The van der Waals surface area contributed by atoms with Crippen molar-refractivity contribution >= 4 is 23.1 Å². The molecule has 3 aromatic rings. The maximum Gasteiger partial charge on any atom is 0.300 e. The fourth-order valence-corrected chi connectivity index (χ4v) is 4.52. The average Bonchev–Trinajstić information content (AvgIpc) is 3.14.